The van der Waals surface area contributed by atoms with Gasteiger partial charge in [-0.1, -0.05) is 0 Å². The molecule has 2 aliphatic rings. The lowest BCUT2D eigenvalue weighted by Crippen LogP contribution is -2.35. The van der Waals surface area contributed by atoms with E-state index in [1.54, 1.807) is 28.4 Å². The highest BCUT2D eigenvalue weighted by molar-refractivity contribution is 7.11. The van der Waals surface area contributed by atoms with Crippen LogP contribution in [-0.2, 0) is 16.6 Å². The number of thiazole rings is 1. The third kappa shape index (κ3) is 2.76. The lowest BCUT2D eigenvalue weighted by Gasteiger charge is -2.31. The molecule has 130 valence electrons. The second-order valence-corrected chi connectivity index (χ2v) is 6.87. The van der Waals surface area contributed by atoms with Crippen LogP contribution in [0, 0.1) is 0 Å². The van der Waals surface area contributed by atoms with E-state index in [1.165, 1.54) is 0 Å². The van der Waals surface area contributed by atoms with Crippen LogP contribution >= 0.6 is 11.3 Å². The van der Waals surface area contributed by atoms with Gasteiger partial charge in [0.1, 0.15) is 6.04 Å². The highest BCUT2D eigenvalue weighted by Crippen LogP contribution is 2.40. The van der Waals surface area contributed by atoms with E-state index in [0.717, 1.165) is 41.5 Å². The van der Waals surface area contributed by atoms with Crippen LogP contribution in [0.1, 0.15) is 36.4 Å². The van der Waals surface area contributed by atoms with E-state index in [1.807, 2.05) is 25.5 Å². The summed E-state index contributed by atoms with van der Waals surface area (Å²) in [4.78, 5) is 24.2. The molecule has 0 aliphatic carbocycles. The lowest BCUT2D eigenvalue weighted by atomic mass is 9.97. The highest BCUT2D eigenvalue weighted by Gasteiger charge is 2.39. The lowest BCUT2D eigenvalue weighted by molar-refractivity contribution is -0.139. The van der Waals surface area contributed by atoms with Crippen LogP contribution in [0.4, 0.5) is 0 Å². The molecule has 0 radical (unpaired) electrons. The summed E-state index contributed by atoms with van der Waals surface area (Å²) in [5.41, 5.74) is 2.53. The van der Waals surface area contributed by atoms with Gasteiger partial charge < -0.3 is 9.64 Å². The molecule has 0 amide bonds. The minimum absolute atomic E-state index is 0.291. The smallest absolute Gasteiger partial charge is 0.338 e. The number of carbonyl (C=O) groups excluding carboxylic acids is 1. The number of esters is 1. The van der Waals surface area contributed by atoms with E-state index in [0.29, 0.717) is 12.2 Å². The number of amidine groups is 1. The van der Waals surface area contributed by atoms with Crippen LogP contribution in [0.15, 0.2) is 40.2 Å². The van der Waals surface area contributed by atoms with Crippen molar-refractivity contribution in [1.29, 1.82) is 0 Å². The van der Waals surface area contributed by atoms with Crippen molar-refractivity contribution in [2.75, 3.05) is 13.2 Å². The maximum atomic E-state index is 12.7. The molecule has 4 rings (SSSR count). The van der Waals surface area contributed by atoms with Gasteiger partial charge in [0.05, 0.1) is 18.4 Å². The number of ether oxygens (including phenoxy) is 1. The monoisotopic (exact) mass is 357 g/mol. The van der Waals surface area contributed by atoms with Crippen LogP contribution in [0.2, 0.25) is 0 Å². The molecule has 0 aromatic carbocycles. The molecule has 1 atom stereocenters. The van der Waals surface area contributed by atoms with Crippen molar-refractivity contribution in [2.45, 2.75) is 25.8 Å². The van der Waals surface area contributed by atoms with Gasteiger partial charge in [-0.2, -0.15) is 5.10 Å². The van der Waals surface area contributed by atoms with E-state index in [4.69, 9.17) is 9.73 Å². The van der Waals surface area contributed by atoms with Gasteiger partial charge in [0.2, 0.25) is 0 Å². The van der Waals surface area contributed by atoms with Gasteiger partial charge >= 0.3 is 5.97 Å². The predicted molar refractivity (Wildman–Crippen MR) is 94.2 cm³/mol. The SMILES string of the molecule is CCOC(=O)C1=C2CCCN2C(c2nccs2)=NC1c1cnn(C)c1. The maximum Gasteiger partial charge on any atom is 0.338 e. The number of hydrogen-bond acceptors (Lipinski definition) is 7. The molecule has 1 saturated heterocycles. The number of hydrogen-bond donors (Lipinski definition) is 0. The van der Waals surface area contributed by atoms with E-state index in [9.17, 15) is 4.79 Å². The molecule has 2 aliphatic heterocycles. The fraction of sp³-hybridized carbons (Fsp3) is 0.412. The van der Waals surface area contributed by atoms with Gasteiger partial charge in [-0.05, 0) is 19.8 Å². The number of aliphatic imine (C=N–C) groups is 1. The molecule has 7 nitrogen and oxygen atoms in total. The summed E-state index contributed by atoms with van der Waals surface area (Å²) < 4.78 is 7.07. The molecule has 2 aromatic rings. The number of nitrogens with zero attached hydrogens (tertiary/aromatic N) is 5. The first-order chi connectivity index (χ1) is 12.2. The van der Waals surface area contributed by atoms with E-state index < -0.39 is 6.04 Å². The highest BCUT2D eigenvalue weighted by atomic mass is 32.1. The number of aryl methyl sites for hydroxylation is 1. The number of aromatic nitrogens is 3. The quantitative estimate of drug-likeness (QED) is 0.785. The number of allylic oxidation sites excluding steroid dienone is 1. The van der Waals surface area contributed by atoms with Gasteiger partial charge in [0.15, 0.2) is 10.8 Å². The third-order valence-corrected chi connectivity index (χ3v) is 5.14. The summed E-state index contributed by atoms with van der Waals surface area (Å²) in [6.45, 7) is 3.01. The fourth-order valence-electron chi connectivity index (χ4n) is 3.37. The Bertz CT molecular complexity index is 852. The van der Waals surface area contributed by atoms with Crippen molar-refractivity contribution in [2.24, 2.45) is 12.0 Å². The zero-order valence-corrected chi connectivity index (χ0v) is 15.0. The molecule has 2 aromatic heterocycles. The molecule has 0 spiro atoms. The standard InChI is InChI=1S/C17H19N5O2S/c1-3-24-17(23)13-12-5-4-7-22(12)15(16-18-6-8-25-16)20-14(13)11-9-19-21(2)10-11/h6,8-10,14H,3-5,7H2,1-2H3. The Hall–Kier alpha value is -2.48. The van der Waals surface area contributed by atoms with Gasteiger partial charge in [-0.15, -0.1) is 11.3 Å². The molecule has 1 unspecified atom stereocenters. The van der Waals surface area contributed by atoms with Gasteiger partial charge in [0, 0.05) is 42.6 Å². The summed E-state index contributed by atoms with van der Waals surface area (Å²) in [7, 11) is 1.86. The van der Waals surface area contributed by atoms with Gasteiger partial charge in [-0.3, -0.25) is 9.67 Å². The molecule has 0 saturated carbocycles. The molecular formula is C17H19N5O2S. The first-order valence-corrected chi connectivity index (χ1v) is 9.21. The Morgan fingerprint density at radius 3 is 3.04 bits per heavy atom. The van der Waals surface area contributed by atoms with Crippen LogP contribution in [0.3, 0.4) is 0 Å². The zero-order chi connectivity index (χ0) is 17.4. The maximum absolute atomic E-state index is 12.7. The van der Waals surface area contributed by atoms with E-state index in [-0.39, 0.29) is 5.97 Å². The normalized spacial score (nSPS) is 19.8. The Labute approximate surface area is 149 Å². The third-order valence-electron chi connectivity index (χ3n) is 4.37. The molecule has 4 heterocycles. The molecular weight excluding hydrogens is 338 g/mol. The van der Waals surface area contributed by atoms with Crippen molar-refractivity contribution >= 4 is 23.1 Å². The van der Waals surface area contributed by atoms with Crippen molar-refractivity contribution < 1.29 is 9.53 Å². The minimum atomic E-state index is -0.406. The van der Waals surface area contributed by atoms with Crippen LogP contribution in [0.25, 0.3) is 0 Å². The number of fused-ring (bicyclic) bond motifs is 1. The Balaban J connectivity index is 1.86. The zero-order valence-electron chi connectivity index (χ0n) is 14.2. The fourth-order valence-corrected chi connectivity index (χ4v) is 4.01. The molecule has 0 bridgehead atoms. The van der Waals surface area contributed by atoms with Crippen molar-refractivity contribution in [3.63, 3.8) is 0 Å². The summed E-state index contributed by atoms with van der Waals surface area (Å²) in [6.07, 6.45) is 7.27. The second-order valence-electron chi connectivity index (χ2n) is 5.98. The summed E-state index contributed by atoms with van der Waals surface area (Å²) in [5.74, 6) is 0.546. The number of rotatable bonds is 4. The summed E-state index contributed by atoms with van der Waals surface area (Å²) in [5, 5.41) is 7.06. The van der Waals surface area contributed by atoms with Gasteiger partial charge in [0.25, 0.3) is 0 Å². The van der Waals surface area contributed by atoms with Crippen LogP contribution in [-0.4, -0.2) is 44.6 Å². The van der Waals surface area contributed by atoms with Crippen LogP contribution < -0.4 is 0 Å². The first kappa shape index (κ1) is 16.0. The first-order valence-electron chi connectivity index (χ1n) is 8.33. The van der Waals surface area contributed by atoms with Crippen LogP contribution in [0.5, 0.6) is 0 Å². The van der Waals surface area contributed by atoms with Crippen molar-refractivity contribution in [1.82, 2.24) is 19.7 Å². The summed E-state index contributed by atoms with van der Waals surface area (Å²) >= 11 is 1.56. The second kappa shape index (κ2) is 6.44. The van der Waals surface area contributed by atoms with Gasteiger partial charge in [-0.25, -0.2) is 9.78 Å². The van der Waals surface area contributed by atoms with Crippen molar-refractivity contribution in [3.8, 4) is 0 Å². The Morgan fingerprint density at radius 2 is 2.36 bits per heavy atom. The molecule has 1 fully saturated rings. The number of carbonyl (C=O) groups is 1. The Morgan fingerprint density at radius 1 is 1.48 bits per heavy atom. The average molecular weight is 357 g/mol. The van der Waals surface area contributed by atoms with Crippen molar-refractivity contribution in [3.05, 3.63) is 45.8 Å². The largest absolute Gasteiger partial charge is 0.463 e. The molecule has 25 heavy (non-hydrogen) atoms. The van der Waals surface area contributed by atoms with E-state index >= 15 is 0 Å². The van der Waals surface area contributed by atoms with E-state index in [2.05, 4.69) is 15.0 Å². The Kier molecular flexibility index (Phi) is 4.12. The molecule has 0 N–H and O–H groups in total. The average Bonchev–Trinajstić information content (AvgIpc) is 3.34. The minimum Gasteiger partial charge on any atom is -0.463 e. The topological polar surface area (TPSA) is 72.6 Å². The molecule has 8 heteroatoms. The summed E-state index contributed by atoms with van der Waals surface area (Å²) in [6, 6.07) is -0.406. The predicted octanol–water partition coefficient (Wildman–Crippen LogP) is 2.29.